The molecule has 1 aliphatic rings. The Kier molecular flexibility index (Phi) is 4.14. The number of amides is 1. The van der Waals surface area contributed by atoms with Crippen LogP contribution in [0, 0.1) is 0 Å². The fraction of sp³-hybridized carbons (Fsp3) is 0.636. The number of carbonyl (C=O) groups is 1. The summed E-state index contributed by atoms with van der Waals surface area (Å²) in [6.45, 7) is -0.156. The molecule has 21 heavy (non-hydrogen) atoms. The van der Waals surface area contributed by atoms with Crippen LogP contribution in [0.1, 0.15) is 35.3 Å². The number of likely N-dealkylation sites (tertiary alicyclic amines) is 1. The van der Waals surface area contributed by atoms with Crippen molar-refractivity contribution in [1.82, 2.24) is 14.7 Å². The molecule has 0 aromatic carbocycles. The predicted octanol–water partition coefficient (Wildman–Crippen LogP) is 3.18. The van der Waals surface area contributed by atoms with Crippen molar-refractivity contribution >= 4 is 17.5 Å². The minimum Gasteiger partial charge on any atom is -0.326 e. The number of hydrogen-bond acceptors (Lipinski definition) is 2. The number of aryl methyl sites for hydroxylation is 1. The number of nitrogens with zero attached hydrogens (tertiary/aromatic N) is 3. The molecule has 0 N–H and O–H groups in total. The molecule has 1 fully saturated rings. The first-order chi connectivity index (χ1) is 9.64. The topological polar surface area (TPSA) is 38.1 Å². The number of alkyl halides is 5. The normalized spacial score (nSPS) is 19.6. The van der Waals surface area contributed by atoms with E-state index in [9.17, 15) is 26.7 Å². The van der Waals surface area contributed by atoms with E-state index in [1.54, 1.807) is 0 Å². The maximum atomic E-state index is 12.9. The van der Waals surface area contributed by atoms with Crippen LogP contribution in [0.3, 0.4) is 0 Å². The summed E-state index contributed by atoms with van der Waals surface area (Å²) in [6, 6.07) is -1.98. The van der Waals surface area contributed by atoms with E-state index < -0.39 is 41.0 Å². The first kappa shape index (κ1) is 16.0. The third-order valence-electron chi connectivity index (χ3n) is 3.32. The lowest BCUT2D eigenvalue weighted by Gasteiger charge is -2.26. The van der Waals surface area contributed by atoms with Crippen molar-refractivity contribution in [2.24, 2.45) is 7.05 Å². The van der Waals surface area contributed by atoms with Crippen LogP contribution in [0.2, 0.25) is 5.15 Å². The number of carbonyl (C=O) groups excluding carboxylic acids is 1. The van der Waals surface area contributed by atoms with Crippen molar-refractivity contribution in [3.8, 4) is 0 Å². The van der Waals surface area contributed by atoms with Crippen molar-refractivity contribution in [1.29, 1.82) is 0 Å². The Morgan fingerprint density at radius 1 is 1.43 bits per heavy atom. The summed E-state index contributed by atoms with van der Waals surface area (Å²) in [5.41, 5.74) is -1.56. The summed E-state index contributed by atoms with van der Waals surface area (Å²) >= 11 is 5.73. The zero-order valence-corrected chi connectivity index (χ0v) is 11.5. The summed E-state index contributed by atoms with van der Waals surface area (Å²) in [7, 11) is 1.23. The highest BCUT2D eigenvalue weighted by Gasteiger charge is 2.48. The van der Waals surface area contributed by atoms with Crippen molar-refractivity contribution in [2.45, 2.75) is 31.5 Å². The van der Waals surface area contributed by atoms with Crippen LogP contribution in [0.5, 0.6) is 0 Å². The Balaban J connectivity index is 2.41. The van der Waals surface area contributed by atoms with Gasteiger partial charge in [0.2, 0.25) is 0 Å². The van der Waals surface area contributed by atoms with Crippen LogP contribution in [0.15, 0.2) is 0 Å². The van der Waals surface area contributed by atoms with Gasteiger partial charge in [-0.15, -0.1) is 0 Å². The zero-order valence-electron chi connectivity index (χ0n) is 10.8. The summed E-state index contributed by atoms with van der Waals surface area (Å²) in [6.07, 6.45) is -7.81. The standard InChI is InChI=1S/C11H11ClF5N3O/c1-19-8(12)6(7(18-19)9(13)14)10(21)20-4-2-3-5(20)11(15,16)17/h5,9H,2-4H2,1H3. The van der Waals surface area contributed by atoms with E-state index in [-0.39, 0.29) is 19.4 Å². The quantitative estimate of drug-likeness (QED) is 0.781. The van der Waals surface area contributed by atoms with Gasteiger partial charge in [-0.3, -0.25) is 9.48 Å². The van der Waals surface area contributed by atoms with Crippen molar-refractivity contribution in [2.75, 3.05) is 6.54 Å². The molecule has 1 aliphatic heterocycles. The van der Waals surface area contributed by atoms with E-state index in [0.717, 1.165) is 4.68 Å². The van der Waals surface area contributed by atoms with Gasteiger partial charge in [0, 0.05) is 13.6 Å². The molecular weight excluding hydrogens is 321 g/mol. The van der Waals surface area contributed by atoms with Crippen LogP contribution in [-0.2, 0) is 7.05 Å². The van der Waals surface area contributed by atoms with Gasteiger partial charge in [0.1, 0.15) is 22.5 Å². The van der Waals surface area contributed by atoms with E-state index in [2.05, 4.69) is 5.10 Å². The smallest absolute Gasteiger partial charge is 0.326 e. The number of aromatic nitrogens is 2. The van der Waals surface area contributed by atoms with E-state index in [0.29, 0.717) is 4.90 Å². The second-order valence-corrected chi connectivity index (χ2v) is 5.03. The van der Waals surface area contributed by atoms with Crippen molar-refractivity contribution < 1.29 is 26.7 Å². The predicted molar refractivity (Wildman–Crippen MR) is 63.3 cm³/mol. The lowest BCUT2D eigenvalue weighted by Crippen LogP contribution is -2.44. The fourth-order valence-electron chi connectivity index (χ4n) is 2.37. The Bertz CT molecular complexity index is 557. The molecule has 1 aromatic heterocycles. The maximum Gasteiger partial charge on any atom is 0.408 e. The van der Waals surface area contributed by atoms with Gasteiger partial charge in [-0.2, -0.15) is 18.3 Å². The molecule has 1 saturated heterocycles. The number of rotatable bonds is 2. The van der Waals surface area contributed by atoms with Crippen LogP contribution >= 0.6 is 11.6 Å². The molecule has 2 heterocycles. The zero-order chi connectivity index (χ0) is 15.9. The van der Waals surface area contributed by atoms with Gasteiger partial charge in [-0.1, -0.05) is 11.6 Å². The van der Waals surface area contributed by atoms with Gasteiger partial charge in [-0.05, 0) is 12.8 Å². The number of hydrogen-bond donors (Lipinski definition) is 0. The van der Waals surface area contributed by atoms with Gasteiger partial charge in [0.15, 0.2) is 0 Å². The Morgan fingerprint density at radius 2 is 2.05 bits per heavy atom. The Morgan fingerprint density at radius 3 is 2.57 bits per heavy atom. The van der Waals surface area contributed by atoms with Gasteiger partial charge < -0.3 is 4.90 Å². The molecule has 0 spiro atoms. The summed E-state index contributed by atoms with van der Waals surface area (Å²) < 4.78 is 65.2. The molecular formula is C11H11ClF5N3O. The molecule has 1 aromatic rings. The van der Waals surface area contributed by atoms with Gasteiger partial charge in [0.05, 0.1) is 0 Å². The lowest BCUT2D eigenvalue weighted by atomic mass is 10.1. The third-order valence-corrected chi connectivity index (χ3v) is 3.75. The molecule has 1 unspecified atom stereocenters. The molecule has 118 valence electrons. The Labute approximate surface area is 121 Å². The average molecular weight is 332 g/mol. The number of halogens is 6. The summed E-state index contributed by atoms with van der Waals surface area (Å²) in [4.78, 5) is 12.8. The molecule has 1 amide bonds. The minimum atomic E-state index is -4.61. The van der Waals surface area contributed by atoms with E-state index >= 15 is 0 Å². The first-order valence-corrected chi connectivity index (χ1v) is 6.40. The monoisotopic (exact) mass is 331 g/mol. The van der Waals surface area contributed by atoms with Crippen LogP contribution in [-0.4, -0.2) is 39.4 Å². The molecule has 0 aliphatic carbocycles. The highest BCUT2D eigenvalue weighted by molar-refractivity contribution is 6.33. The highest BCUT2D eigenvalue weighted by atomic mass is 35.5. The molecule has 0 radical (unpaired) electrons. The maximum absolute atomic E-state index is 12.9. The highest BCUT2D eigenvalue weighted by Crippen LogP contribution is 2.36. The van der Waals surface area contributed by atoms with E-state index in [4.69, 9.17) is 11.6 Å². The van der Waals surface area contributed by atoms with Crippen LogP contribution in [0.4, 0.5) is 22.0 Å². The Hall–Kier alpha value is -1.38. The largest absolute Gasteiger partial charge is 0.408 e. The van der Waals surface area contributed by atoms with Gasteiger partial charge >= 0.3 is 6.18 Å². The minimum absolute atomic E-state index is 0.151. The molecule has 4 nitrogen and oxygen atoms in total. The van der Waals surface area contributed by atoms with Crippen molar-refractivity contribution in [3.05, 3.63) is 16.4 Å². The van der Waals surface area contributed by atoms with Gasteiger partial charge in [0.25, 0.3) is 12.3 Å². The van der Waals surface area contributed by atoms with Gasteiger partial charge in [-0.25, -0.2) is 8.78 Å². The molecule has 1 atom stereocenters. The fourth-order valence-corrected chi connectivity index (χ4v) is 2.58. The molecule has 10 heteroatoms. The SMILES string of the molecule is Cn1nc(C(F)F)c(C(=O)N2CCCC2C(F)(F)F)c1Cl. The molecule has 0 saturated carbocycles. The van der Waals surface area contributed by atoms with E-state index in [1.807, 2.05) is 0 Å². The van der Waals surface area contributed by atoms with Crippen molar-refractivity contribution in [3.63, 3.8) is 0 Å². The second kappa shape index (κ2) is 5.43. The second-order valence-electron chi connectivity index (χ2n) is 4.67. The third kappa shape index (κ3) is 2.83. The van der Waals surface area contributed by atoms with E-state index in [1.165, 1.54) is 7.05 Å². The lowest BCUT2D eigenvalue weighted by molar-refractivity contribution is -0.169. The molecule has 0 bridgehead atoms. The van der Waals surface area contributed by atoms with Crippen LogP contribution < -0.4 is 0 Å². The summed E-state index contributed by atoms with van der Waals surface area (Å²) in [5.74, 6) is -1.16. The average Bonchev–Trinajstić information content (AvgIpc) is 2.94. The molecule has 2 rings (SSSR count). The summed E-state index contributed by atoms with van der Waals surface area (Å²) in [5, 5.41) is 3.00. The first-order valence-electron chi connectivity index (χ1n) is 6.02. The van der Waals surface area contributed by atoms with Crippen LogP contribution in [0.25, 0.3) is 0 Å².